The Morgan fingerprint density at radius 2 is 1.63 bits per heavy atom. The van der Waals surface area contributed by atoms with E-state index in [1.54, 1.807) is 0 Å². The molecular formula is C21H27F6O7S-. The lowest BCUT2D eigenvalue weighted by Crippen LogP contribution is -2.61. The summed E-state index contributed by atoms with van der Waals surface area (Å²) in [5, 5.41) is -5.19. The molecule has 4 atom stereocenters. The largest absolute Gasteiger partial charge is 0.743 e. The van der Waals surface area contributed by atoms with Crippen molar-refractivity contribution >= 4 is 22.1 Å². The number of carbonyl (C=O) groups excluding carboxylic acids is 2. The van der Waals surface area contributed by atoms with Gasteiger partial charge in [-0.1, -0.05) is 6.92 Å². The van der Waals surface area contributed by atoms with Gasteiger partial charge >= 0.3 is 23.4 Å². The van der Waals surface area contributed by atoms with E-state index in [-0.39, 0.29) is 43.9 Å². The zero-order valence-electron chi connectivity index (χ0n) is 19.1. The van der Waals surface area contributed by atoms with E-state index >= 15 is 0 Å². The minimum Gasteiger partial charge on any atom is -0.743 e. The van der Waals surface area contributed by atoms with Gasteiger partial charge in [0.15, 0.2) is 21.7 Å². The molecule has 4 aliphatic rings. The first-order valence-corrected chi connectivity index (χ1v) is 12.7. The van der Waals surface area contributed by atoms with Gasteiger partial charge in [-0.05, 0) is 57.3 Å². The van der Waals surface area contributed by atoms with Gasteiger partial charge in [-0.25, -0.2) is 12.8 Å². The minimum absolute atomic E-state index is 0.112. The van der Waals surface area contributed by atoms with E-state index in [1.807, 2.05) is 0 Å². The maximum atomic E-state index is 13.7. The zero-order valence-corrected chi connectivity index (χ0v) is 19.9. The van der Waals surface area contributed by atoms with Crippen LogP contribution in [0.5, 0.6) is 0 Å². The van der Waals surface area contributed by atoms with Gasteiger partial charge in [0.1, 0.15) is 5.60 Å². The molecule has 0 N–H and O–H groups in total. The topological polar surface area (TPSA) is 110 Å². The van der Waals surface area contributed by atoms with E-state index in [0.717, 1.165) is 6.92 Å². The highest BCUT2D eigenvalue weighted by atomic mass is 32.2. The summed E-state index contributed by atoms with van der Waals surface area (Å²) in [5.74, 6) is -2.61. The van der Waals surface area contributed by atoms with Crippen LogP contribution in [0, 0.1) is 22.7 Å². The summed E-state index contributed by atoms with van der Waals surface area (Å²) in [7, 11) is -6.26. The zero-order chi connectivity index (χ0) is 26.7. The molecule has 0 heterocycles. The Morgan fingerprint density at radius 3 is 2.09 bits per heavy atom. The van der Waals surface area contributed by atoms with Crippen LogP contribution in [0.25, 0.3) is 0 Å². The summed E-state index contributed by atoms with van der Waals surface area (Å²) in [4.78, 5) is 25.6. The fraction of sp³-hybridized carbons (Fsp3) is 0.905. The van der Waals surface area contributed by atoms with E-state index in [9.17, 15) is 48.9 Å². The van der Waals surface area contributed by atoms with Gasteiger partial charge in [-0.2, -0.15) is 22.0 Å². The first-order valence-electron chi connectivity index (χ1n) is 11.3. The summed E-state index contributed by atoms with van der Waals surface area (Å²) in [6.07, 6.45) is -8.33. The normalized spacial score (nSPS) is 33.2. The molecule has 7 nitrogen and oxygen atoms in total. The summed E-state index contributed by atoms with van der Waals surface area (Å²) in [5.41, 5.74) is -5.29. The van der Waals surface area contributed by atoms with Gasteiger partial charge in [0.25, 0.3) is 0 Å². The molecule has 0 aromatic carbocycles. The standard InChI is InChI=1S/C21H28F6O7S/c1-3-17(2,21(25,26)27)15(28)34-19-9-12-6-13(10-19)8-18(7-12,11-19)16(29)33-5-4-14(22)20(23,24)35(30,31)32/h12-14H,3-11H2,1-2H3,(H,30,31,32)/p-1. The fourth-order valence-corrected chi connectivity index (χ4v) is 6.47. The van der Waals surface area contributed by atoms with E-state index in [1.165, 1.54) is 6.92 Å². The molecule has 202 valence electrons. The SMILES string of the molecule is CCC(C)(C(=O)OC12CC3CC(C1)CC(C(=O)OCCC(F)C(F)(F)S(=O)(=O)[O-])(C3)C2)C(F)(F)F. The van der Waals surface area contributed by atoms with Crippen molar-refractivity contribution in [2.24, 2.45) is 22.7 Å². The van der Waals surface area contributed by atoms with Crippen molar-refractivity contribution in [1.29, 1.82) is 0 Å². The molecule has 0 aromatic heterocycles. The highest BCUT2D eigenvalue weighted by molar-refractivity contribution is 7.86. The Bertz CT molecular complexity index is 952. The molecule has 0 amide bonds. The number of carbonyl (C=O) groups is 2. The van der Waals surface area contributed by atoms with Crippen molar-refractivity contribution < 1.29 is 58.4 Å². The monoisotopic (exact) mass is 537 g/mol. The van der Waals surface area contributed by atoms with E-state index < -0.39 is 75.5 Å². The quantitative estimate of drug-likeness (QED) is 0.246. The molecular weight excluding hydrogens is 510 g/mol. The first kappa shape index (κ1) is 28.0. The average molecular weight is 537 g/mol. The lowest BCUT2D eigenvalue weighted by molar-refractivity contribution is -0.252. The van der Waals surface area contributed by atoms with Crippen molar-refractivity contribution in [1.82, 2.24) is 0 Å². The third kappa shape index (κ3) is 4.88. The van der Waals surface area contributed by atoms with Gasteiger partial charge in [0, 0.05) is 12.8 Å². The second-order valence-corrected chi connectivity index (χ2v) is 11.9. The van der Waals surface area contributed by atoms with Gasteiger partial charge in [0.2, 0.25) is 0 Å². The van der Waals surface area contributed by atoms with Crippen LogP contribution in [0.4, 0.5) is 26.3 Å². The predicted molar refractivity (Wildman–Crippen MR) is 106 cm³/mol. The van der Waals surface area contributed by atoms with Gasteiger partial charge in [-0.3, -0.25) is 9.59 Å². The fourth-order valence-electron chi connectivity index (χ4n) is 6.04. The van der Waals surface area contributed by atoms with Crippen LogP contribution in [0.15, 0.2) is 0 Å². The lowest BCUT2D eigenvalue weighted by Gasteiger charge is -2.60. The minimum atomic E-state index is -6.26. The molecule has 4 unspecified atom stereocenters. The molecule has 4 rings (SSSR count). The van der Waals surface area contributed by atoms with Crippen LogP contribution in [0.2, 0.25) is 0 Å². The molecule has 4 aliphatic carbocycles. The molecule has 4 saturated carbocycles. The number of esters is 2. The van der Waals surface area contributed by atoms with Gasteiger partial charge in [-0.15, -0.1) is 0 Å². The van der Waals surface area contributed by atoms with Gasteiger partial charge in [0.05, 0.1) is 12.0 Å². The molecule has 0 aromatic rings. The van der Waals surface area contributed by atoms with Gasteiger partial charge < -0.3 is 14.0 Å². The summed E-state index contributed by atoms with van der Waals surface area (Å²) < 4.78 is 123. The number of halogens is 6. The van der Waals surface area contributed by atoms with Crippen LogP contribution in [0.3, 0.4) is 0 Å². The van der Waals surface area contributed by atoms with Crippen LogP contribution in [-0.4, -0.2) is 54.7 Å². The number of alkyl halides is 6. The first-order chi connectivity index (χ1) is 15.8. The van der Waals surface area contributed by atoms with Crippen molar-refractivity contribution in [3.05, 3.63) is 0 Å². The second-order valence-electron chi connectivity index (χ2n) is 10.4. The molecule has 4 bridgehead atoms. The molecule has 0 aliphatic heterocycles. The smallest absolute Gasteiger partial charge is 0.404 e. The molecule has 35 heavy (non-hydrogen) atoms. The molecule has 0 radical (unpaired) electrons. The van der Waals surface area contributed by atoms with E-state index in [0.29, 0.717) is 6.42 Å². The van der Waals surface area contributed by atoms with Crippen molar-refractivity contribution in [2.45, 2.75) is 88.4 Å². The Hall–Kier alpha value is -1.57. The van der Waals surface area contributed by atoms with Crippen molar-refractivity contribution in [2.75, 3.05) is 6.61 Å². The Balaban J connectivity index is 1.72. The van der Waals surface area contributed by atoms with Crippen LogP contribution in [0.1, 0.15) is 65.2 Å². The third-order valence-corrected chi connectivity index (χ3v) is 8.76. The predicted octanol–water partition coefficient (Wildman–Crippen LogP) is 4.26. The van der Waals surface area contributed by atoms with Crippen molar-refractivity contribution in [3.8, 4) is 0 Å². The van der Waals surface area contributed by atoms with E-state index in [4.69, 9.17) is 9.47 Å². The van der Waals surface area contributed by atoms with E-state index in [2.05, 4.69) is 0 Å². The summed E-state index contributed by atoms with van der Waals surface area (Å²) in [6.45, 7) is 1.04. The van der Waals surface area contributed by atoms with Crippen LogP contribution in [-0.2, 0) is 29.2 Å². The number of hydrogen-bond acceptors (Lipinski definition) is 7. The maximum absolute atomic E-state index is 13.7. The number of ether oxygens (including phenoxy) is 2. The highest BCUT2D eigenvalue weighted by Gasteiger charge is 2.65. The molecule has 4 fully saturated rings. The summed E-state index contributed by atoms with van der Waals surface area (Å²) in [6, 6.07) is 0. The molecule has 14 heteroatoms. The highest BCUT2D eigenvalue weighted by Crippen LogP contribution is 2.63. The maximum Gasteiger partial charge on any atom is 0.404 e. The summed E-state index contributed by atoms with van der Waals surface area (Å²) >= 11 is 0. The lowest BCUT2D eigenvalue weighted by atomic mass is 9.48. The average Bonchev–Trinajstić information content (AvgIpc) is 2.69. The number of rotatable bonds is 9. The molecule has 0 saturated heterocycles. The Morgan fingerprint density at radius 1 is 1.09 bits per heavy atom. The second kappa shape index (κ2) is 8.77. The van der Waals surface area contributed by atoms with Crippen molar-refractivity contribution in [3.63, 3.8) is 0 Å². The molecule has 0 spiro atoms. The van der Waals surface area contributed by atoms with Crippen LogP contribution < -0.4 is 0 Å². The van der Waals surface area contributed by atoms with Crippen LogP contribution >= 0.6 is 0 Å². The Kier molecular flexibility index (Phi) is 7.02. The number of hydrogen-bond donors (Lipinski definition) is 0. The third-order valence-electron chi connectivity index (χ3n) is 7.84. The Labute approximate surface area is 198 Å².